The molecule has 1 N–H and O–H groups in total. The van der Waals surface area contributed by atoms with Gasteiger partial charge in [-0.15, -0.1) is 0 Å². The monoisotopic (exact) mass is 292 g/mol. The number of hydrogen-bond donors (Lipinski definition) is 1. The van der Waals surface area contributed by atoms with Crippen LogP contribution in [0.3, 0.4) is 0 Å². The third kappa shape index (κ3) is 3.11. The maximum absolute atomic E-state index is 12.6. The molecule has 2 aliphatic heterocycles. The molecule has 1 aromatic rings. The molecule has 2 saturated heterocycles. The largest absolute Gasteiger partial charge is 0.360 e. The molecule has 21 heavy (non-hydrogen) atoms. The summed E-state index contributed by atoms with van der Waals surface area (Å²) < 4.78 is 5.26. The van der Waals surface area contributed by atoms with Gasteiger partial charge in [-0.2, -0.15) is 0 Å². The molecule has 6 heteroatoms. The molecule has 3 rings (SSSR count). The molecule has 6 nitrogen and oxygen atoms in total. The van der Waals surface area contributed by atoms with Crippen LogP contribution < -0.4 is 5.32 Å². The van der Waals surface area contributed by atoms with Gasteiger partial charge in [0.2, 0.25) is 5.91 Å². The Balaban J connectivity index is 1.52. The quantitative estimate of drug-likeness (QED) is 0.891. The SMILES string of the molecule is Cc1cc(CN2CCN(C(=O)C3(C)CCCN3)CC2)on1. The third-order valence-electron chi connectivity index (χ3n) is 4.56. The van der Waals surface area contributed by atoms with E-state index in [2.05, 4.69) is 15.4 Å². The molecule has 0 aliphatic carbocycles. The van der Waals surface area contributed by atoms with Gasteiger partial charge >= 0.3 is 0 Å². The highest BCUT2D eigenvalue weighted by atomic mass is 16.5. The van der Waals surface area contributed by atoms with Crippen molar-refractivity contribution in [1.29, 1.82) is 0 Å². The first-order valence-corrected chi connectivity index (χ1v) is 7.76. The molecule has 116 valence electrons. The lowest BCUT2D eigenvalue weighted by atomic mass is 9.98. The van der Waals surface area contributed by atoms with Crippen molar-refractivity contribution in [1.82, 2.24) is 20.3 Å². The Kier molecular flexibility index (Phi) is 3.99. The Bertz CT molecular complexity index is 500. The molecule has 1 aromatic heterocycles. The van der Waals surface area contributed by atoms with Crippen LogP contribution in [0.2, 0.25) is 0 Å². The number of carbonyl (C=O) groups excluding carboxylic acids is 1. The van der Waals surface area contributed by atoms with Crippen LogP contribution in [0, 0.1) is 6.92 Å². The molecule has 2 fully saturated rings. The predicted molar refractivity (Wildman–Crippen MR) is 78.7 cm³/mol. The van der Waals surface area contributed by atoms with Crippen molar-refractivity contribution in [2.24, 2.45) is 0 Å². The van der Waals surface area contributed by atoms with Crippen molar-refractivity contribution in [3.8, 4) is 0 Å². The lowest BCUT2D eigenvalue weighted by Crippen LogP contribution is -2.57. The average molecular weight is 292 g/mol. The van der Waals surface area contributed by atoms with Crippen molar-refractivity contribution in [2.75, 3.05) is 32.7 Å². The highest BCUT2D eigenvalue weighted by Gasteiger charge is 2.39. The molecule has 0 bridgehead atoms. The summed E-state index contributed by atoms with van der Waals surface area (Å²) in [5, 5.41) is 7.27. The summed E-state index contributed by atoms with van der Waals surface area (Å²) >= 11 is 0. The van der Waals surface area contributed by atoms with E-state index in [1.807, 2.05) is 24.8 Å². The Morgan fingerprint density at radius 3 is 2.76 bits per heavy atom. The van der Waals surface area contributed by atoms with Crippen LogP contribution in [-0.2, 0) is 11.3 Å². The van der Waals surface area contributed by atoms with E-state index in [0.717, 1.165) is 63.6 Å². The van der Waals surface area contributed by atoms with Crippen LogP contribution in [0.25, 0.3) is 0 Å². The standard InChI is InChI=1S/C15H24N4O2/c1-12-10-13(21-17-12)11-18-6-8-19(9-7-18)14(20)15(2)4-3-5-16-15/h10,16H,3-9,11H2,1-2H3. The number of carbonyl (C=O) groups is 1. The Morgan fingerprint density at radius 1 is 1.43 bits per heavy atom. The fraction of sp³-hybridized carbons (Fsp3) is 0.733. The van der Waals surface area contributed by atoms with Gasteiger partial charge in [0.15, 0.2) is 5.76 Å². The number of aryl methyl sites for hydroxylation is 1. The molecule has 1 atom stereocenters. The minimum absolute atomic E-state index is 0.259. The molecular formula is C15H24N4O2. The number of rotatable bonds is 3. The first-order valence-electron chi connectivity index (χ1n) is 7.76. The normalized spacial score (nSPS) is 27.2. The first kappa shape index (κ1) is 14.5. The van der Waals surface area contributed by atoms with Gasteiger partial charge in [0, 0.05) is 32.2 Å². The first-order chi connectivity index (χ1) is 10.1. The molecule has 0 radical (unpaired) electrons. The molecule has 0 spiro atoms. The molecule has 0 saturated carbocycles. The van der Waals surface area contributed by atoms with E-state index >= 15 is 0 Å². The summed E-state index contributed by atoms with van der Waals surface area (Å²) in [4.78, 5) is 16.9. The Labute approximate surface area is 125 Å². The van der Waals surface area contributed by atoms with Crippen molar-refractivity contribution in [2.45, 2.75) is 38.8 Å². The molecule has 1 unspecified atom stereocenters. The Morgan fingerprint density at radius 2 is 2.19 bits per heavy atom. The van der Waals surface area contributed by atoms with Gasteiger partial charge in [-0.3, -0.25) is 9.69 Å². The van der Waals surface area contributed by atoms with E-state index in [1.165, 1.54) is 0 Å². The second-order valence-corrected chi connectivity index (χ2v) is 6.37. The second-order valence-electron chi connectivity index (χ2n) is 6.37. The Hall–Kier alpha value is -1.40. The number of amides is 1. The lowest BCUT2D eigenvalue weighted by Gasteiger charge is -2.38. The van der Waals surface area contributed by atoms with Crippen LogP contribution in [0.4, 0.5) is 0 Å². The van der Waals surface area contributed by atoms with Crippen LogP contribution in [0.5, 0.6) is 0 Å². The van der Waals surface area contributed by atoms with E-state index in [9.17, 15) is 4.79 Å². The highest BCUT2D eigenvalue weighted by Crippen LogP contribution is 2.22. The van der Waals surface area contributed by atoms with Gasteiger partial charge in [0.1, 0.15) is 0 Å². The minimum Gasteiger partial charge on any atom is -0.360 e. The molecule has 1 amide bonds. The maximum atomic E-state index is 12.6. The van der Waals surface area contributed by atoms with Crippen molar-refractivity contribution in [3.05, 3.63) is 17.5 Å². The molecular weight excluding hydrogens is 268 g/mol. The summed E-state index contributed by atoms with van der Waals surface area (Å²) in [5.74, 6) is 1.16. The van der Waals surface area contributed by atoms with Gasteiger partial charge in [-0.25, -0.2) is 0 Å². The number of hydrogen-bond acceptors (Lipinski definition) is 5. The van der Waals surface area contributed by atoms with Gasteiger partial charge in [-0.05, 0) is 33.2 Å². The molecule has 3 heterocycles. The molecule has 2 aliphatic rings. The fourth-order valence-corrected chi connectivity index (χ4v) is 3.25. The third-order valence-corrected chi connectivity index (χ3v) is 4.56. The summed E-state index contributed by atoms with van der Waals surface area (Å²) in [6, 6.07) is 1.97. The number of aromatic nitrogens is 1. The maximum Gasteiger partial charge on any atom is 0.242 e. The number of piperazine rings is 1. The minimum atomic E-state index is -0.343. The smallest absolute Gasteiger partial charge is 0.242 e. The van der Waals surface area contributed by atoms with E-state index in [-0.39, 0.29) is 11.4 Å². The van der Waals surface area contributed by atoms with E-state index in [1.54, 1.807) is 0 Å². The van der Waals surface area contributed by atoms with Crippen LogP contribution in [0.15, 0.2) is 10.6 Å². The number of nitrogens with zero attached hydrogens (tertiary/aromatic N) is 3. The average Bonchev–Trinajstić information content (AvgIpc) is 3.09. The van der Waals surface area contributed by atoms with Gasteiger partial charge in [0.05, 0.1) is 17.8 Å². The predicted octanol–water partition coefficient (Wildman–Crippen LogP) is 0.769. The summed E-state index contributed by atoms with van der Waals surface area (Å²) in [6.07, 6.45) is 2.04. The van der Waals surface area contributed by atoms with E-state index < -0.39 is 0 Å². The van der Waals surface area contributed by atoms with Gasteiger partial charge < -0.3 is 14.7 Å². The van der Waals surface area contributed by atoms with Crippen LogP contribution >= 0.6 is 0 Å². The zero-order valence-electron chi connectivity index (χ0n) is 12.9. The van der Waals surface area contributed by atoms with Crippen LogP contribution in [0.1, 0.15) is 31.2 Å². The molecule has 0 aromatic carbocycles. The van der Waals surface area contributed by atoms with Crippen LogP contribution in [-0.4, -0.2) is 59.1 Å². The zero-order valence-corrected chi connectivity index (χ0v) is 12.9. The lowest BCUT2D eigenvalue weighted by molar-refractivity contribution is -0.139. The van der Waals surface area contributed by atoms with Crippen molar-refractivity contribution in [3.63, 3.8) is 0 Å². The van der Waals surface area contributed by atoms with Gasteiger partial charge in [0.25, 0.3) is 0 Å². The summed E-state index contributed by atoms with van der Waals surface area (Å²) in [7, 11) is 0. The van der Waals surface area contributed by atoms with Crippen molar-refractivity contribution < 1.29 is 9.32 Å². The fourth-order valence-electron chi connectivity index (χ4n) is 3.25. The topological polar surface area (TPSA) is 61.6 Å². The summed E-state index contributed by atoms with van der Waals surface area (Å²) in [6.45, 7) is 9.06. The highest BCUT2D eigenvalue weighted by molar-refractivity contribution is 5.86. The second kappa shape index (κ2) is 5.77. The van der Waals surface area contributed by atoms with Crippen molar-refractivity contribution >= 4 is 5.91 Å². The van der Waals surface area contributed by atoms with E-state index in [0.29, 0.717) is 0 Å². The summed E-state index contributed by atoms with van der Waals surface area (Å²) in [5.41, 5.74) is 0.573. The van der Waals surface area contributed by atoms with E-state index in [4.69, 9.17) is 4.52 Å². The van der Waals surface area contributed by atoms with Gasteiger partial charge in [-0.1, -0.05) is 5.16 Å². The zero-order chi connectivity index (χ0) is 14.9. The number of nitrogens with one attached hydrogen (secondary N) is 1.